The standard InChI is InChI=1S/C20H39Br2O4P/c1-2-3-4-5-6-7-8-9-10-11-12-13-14-15-20(23)16-18-25-27(22,24)26-19-17-21/h14-15,20,23H,2-13,16-19H2,1H3/b15-14+/t20-,27?/m1/s1. The third kappa shape index (κ3) is 21.3. The molecular weight excluding hydrogens is 495 g/mol. The van der Waals surface area contributed by atoms with Crippen LogP contribution in [0, 0.1) is 0 Å². The van der Waals surface area contributed by atoms with Gasteiger partial charge in [0.25, 0.3) is 0 Å². The zero-order chi connectivity index (χ0) is 20.2. The van der Waals surface area contributed by atoms with E-state index in [2.05, 4.69) is 38.3 Å². The van der Waals surface area contributed by atoms with E-state index in [4.69, 9.17) is 9.05 Å². The molecule has 0 bridgehead atoms. The van der Waals surface area contributed by atoms with E-state index in [1.54, 1.807) is 6.08 Å². The zero-order valence-corrected chi connectivity index (χ0v) is 21.0. The molecule has 162 valence electrons. The van der Waals surface area contributed by atoms with Crippen LogP contribution in [0.4, 0.5) is 0 Å². The van der Waals surface area contributed by atoms with E-state index in [1.807, 2.05) is 6.08 Å². The molecule has 0 aliphatic rings. The smallest absolute Gasteiger partial charge is 0.389 e. The van der Waals surface area contributed by atoms with Crippen LogP contribution >= 0.6 is 37.7 Å². The molecule has 0 aliphatic carbocycles. The van der Waals surface area contributed by atoms with Gasteiger partial charge in [-0.3, -0.25) is 4.52 Å². The molecule has 0 fully saturated rings. The van der Waals surface area contributed by atoms with Crippen LogP contribution in [-0.2, 0) is 13.6 Å². The summed E-state index contributed by atoms with van der Waals surface area (Å²) in [4.78, 5) is 0. The molecule has 0 saturated heterocycles. The second-order valence-electron chi connectivity index (χ2n) is 6.89. The van der Waals surface area contributed by atoms with Gasteiger partial charge in [0.05, 0.1) is 19.3 Å². The molecule has 7 heteroatoms. The van der Waals surface area contributed by atoms with E-state index in [1.165, 1.54) is 70.6 Å². The van der Waals surface area contributed by atoms with Crippen molar-refractivity contribution in [1.82, 2.24) is 0 Å². The van der Waals surface area contributed by atoms with E-state index >= 15 is 0 Å². The van der Waals surface area contributed by atoms with E-state index in [0.29, 0.717) is 18.4 Å². The van der Waals surface area contributed by atoms with Gasteiger partial charge in [0.15, 0.2) is 0 Å². The van der Waals surface area contributed by atoms with Gasteiger partial charge in [-0.15, -0.1) is 0 Å². The van der Waals surface area contributed by atoms with Crippen molar-refractivity contribution in [3.8, 4) is 0 Å². The number of halogens is 2. The third-order valence-corrected chi connectivity index (χ3v) is 6.85. The van der Waals surface area contributed by atoms with Crippen LogP contribution < -0.4 is 0 Å². The third-order valence-electron chi connectivity index (χ3n) is 4.31. The van der Waals surface area contributed by atoms with Gasteiger partial charge in [-0.1, -0.05) is 99.2 Å². The van der Waals surface area contributed by atoms with Gasteiger partial charge in [0, 0.05) is 27.2 Å². The lowest BCUT2D eigenvalue weighted by molar-refractivity contribution is 0.165. The molecule has 0 aromatic rings. The Labute approximate surface area is 183 Å². The van der Waals surface area contributed by atoms with Crippen LogP contribution in [-0.4, -0.2) is 29.8 Å². The van der Waals surface area contributed by atoms with Gasteiger partial charge in [-0.05, 0) is 12.8 Å². The topological polar surface area (TPSA) is 55.8 Å². The molecule has 0 heterocycles. The van der Waals surface area contributed by atoms with Crippen LogP contribution in [0.3, 0.4) is 0 Å². The van der Waals surface area contributed by atoms with E-state index in [9.17, 15) is 9.67 Å². The molecule has 0 aromatic carbocycles. The Morgan fingerprint density at radius 3 is 2.00 bits per heavy atom. The Morgan fingerprint density at radius 1 is 0.926 bits per heavy atom. The molecule has 0 aliphatic heterocycles. The first-order valence-corrected chi connectivity index (χ1v) is 15.2. The van der Waals surface area contributed by atoms with Crippen molar-refractivity contribution in [2.75, 3.05) is 18.5 Å². The fourth-order valence-corrected chi connectivity index (χ4v) is 4.73. The van der Waals surface area contributed by atoms with Crippen molar-refractivity contribution in [2.45, 2.75) is 96.5 Å². The van der Waals surface area contributed by atoms with E-state index < -0.39 is 12.4 Å². The van der Waals surface area contributed by atoms with Crippen molar-refractivity contribution >= 4 is 37.7 Å². The number of allylic oxidation sites excluding steroid dienone is 1. The highest BCUT2D eigenvalue weighted by Crippen LogP contribution is 2.56. The van der Waals surface area contributed by atoms with Crippen LogP contribution in [0.15, 0.2) is 12.2 Å². The summed E-state index contributed by atoms with van der Waals surface area (Å²) in [7, 11) is 0. The Bertz CT molecular complexity index is 394. The number of unbranched alkanes of at least 4 members (excludes halogenated alkanes) is 11. The minimum atomic E-state index is -3.18. The highest BCUT2D eigenvalue weighted by atomic mass is 79.9. The zero-order valence-electron chi connectivity index (χ0n) is 16.9. The summed E-state index contributed by atoms with van der Waals surface area (Å²) in [6, 6.07) is 0. The second kappa shape index (κ2) is 20.1. The Morgan fingerprint density at radius 2 is 1.44 bits per heavy atom. The fourth-order valence-electron chi connectivity index (χ4n) is 2.74. The molecule has 2 atom stereocenters. The van der Waals surface area contributed by atoms with Crippen LogP contribution in [0.2, 0.25) is 0 Å². The first kappa shape index (κ1) is 27.8. The number of rotatable bonds is 20. The Balaban J connectivity index is 3.43. The number of hydrogen-bond donors (Lipinski definition) is 1. The number of aliphatic hydroxyl groups excluding tert-OH is 1. The summed E-state index contributed by atoms with van der Waals surface area (Å²) >= 11 is 6.14. The number of aliphatic hydroxyl groups is 1. The highest BCUT2D eigenvalue weighted by Gasteiger charge is 2.19. The maximum Gasteiger partial charge on any atom is 0.396 e. The molecule has 0 amide bonds. The normalized spacial score (nSPS) is 15.3. The first-order valence-electron chi connectivity index (χ1n) is 10.5. The lowest BCUT2D eigenvalue weighted by Crippen LogP contribution is -2.06. The predicted octanol–water partition coefficient (Wildman–Crippen LogP) is 7.93. The van der Waals surface area contributed by atoms with Crippen molar-refractivity contribution in [3.63, 3.8) is 0 Å². The number of alkyl halides is 1. The maximum absolute atomic E-state index is 11.8. The predicted molar refractivity (Wildman–Crippen MR) is 123 cm³/mol. The van der Waals surface area contributed by atoms with Gasteiger partial charge in [-0.2, -0.15) is 0 Å². The number of hydrogen-bond acceptors (Lipinski definition) is 4. The molecule has 0 saturated carbocycles. The summed E-state index contributed by atoms with van der Waals surface area (Å²) in [5.41, 5.74) is 0. The molecule has 27 heavy (non-hydrogen) atoms. The van der Waals surface area contributed by atoms with Gasteiger partial charge in [-0.25, -0.2) is 4.57 Å². The molecule has 1 unspecified atom stereocenters. The quantitative estimate of drug-likeness (QED) is 0.0746. The van der Waals surface area contributed by atoms with Crippen LogP contribution in [0.5, 0.6) is 0 Å². The van der Waals surface area contributed by atoms with E-state index in [-0.39, 0.29) is 6.61 Å². The monoisotopic (exact) mass is 532 g/mol. The summed E-state index contributed by atoms with van der Waals surface area (Å²) < 4.78 is 22.0. The summed E-state index contributed by atoms with van der Waals surface area (Å²) in [5.74, 6) is 0. The van der Waals surface area contributed by atoms with Crippen LogP contribution in [0.1, 0.15) is 90.4 Å². The summed E-state index contributed by atoms with van der Waals surface area (Å²) in [6.45, 7) is 2.76. The average Bonchev–Trinajstić information content (AvgIpc) is 2.63. The minimum absolute atomic E-state index is 0.189. The summed E-state index contributed by atoms with van der Waals surface area (Å²) in [5, 5.41) is 10.5. The largest absolute Gasteiger partial charge is 0.396 e. The van der Waals surface area contributed by atoms with Gasteiger partial charge < -0.3 is 9.63 Å². The first-order chi connectivity index (χ1) is 13.0. The molecule has 0 radical (unpaired) electrons. The van der Waals surface area contributed by atoms with Crippen LogP contribution in [0.25, 0.3) is 0 Å². The lowest BCUT2D eigenvalue weighted by Gasteiger charge is -2.12. The summed E-state index contributed by atoms with van der Waals surface area (Å²) in [6.07, 6.45) is 16.3. The molecule has 0 rings (SSSR count). The molecule has 0 aromatic heterocycles. The van der Waals surface area contributed by atoms with Gasteiger partial charge in [0.1, 0.15) is 0 Å². The minimum Gasteiger partial charge on any atom is -0.389 e. The maximum atomic E-state index is 11.8. The lowest BCUT2D eigenvalue weighted by atomic mass is 10.1. The SMILES string of the molecule is CCCCCCCCCCCCC/C=C/[C@@H](O)CCOP(=O)(Br)OCCBr. The average molecular weight is 534 g/mol. The van der Waals surface area contributed by atoms with Crippen molar-refractivity contribution in [2.24, 2.45) is 0 Å². The molecule has 0 spiro atoms. The van der Waals surface area contributed by atoms with Crippen molar-refractivity contribution < 1.29 is 18.7 Å². The molecular formula is C20H39Br2O4P. The Kier molecular flexibility index (Phi) is 20.7. The molecule has 1 N–H and O–H groups in total. The fraction of sp³-hybridized carbons (Fsp3) is 0.900. The van der Waals surface area contributed by atoms with Crippen molar-refractivity contribution in [1.29, 1.82) is 0 Å². The Hall–Kier alpha value is 0.810. The molecule has 4 nitrogen and oxygen atoms in total. The van der Waals surface area contributed by atoms with Gasteiger partial charge in [0.2, 0.25) is 0 Å². The highest BCUT2D eigenvalue weighted by molar-refractivity contribution is 9.39. The van der Waals surface area contributed by atoms with Gasteiger partial charge >= 0.3 is 6.30 Å². The van der Waals surface area contributed by atoms with E-state index in [0.717, 1.165) is 6.42 Å². The van der Waals surface area contributed by atoms with Crippen molar-refractivity contribution in [3.05, 3.63) is 12.2 Å². The second-order valence-corrected chi connectivity index (χ2v) is 11.7.